The van der Waals surface area contributed by atoms with Gasteiger partial charge in [-0.25, -0.2) is 6.57 Å². The Labute approximate surface area is 49.7 Å². The fourth-order valence-electron chi connectivity index (χ4n) is 0.0645. The fraction of sp³-hybridized carbons (Fsp3) is 0.667. The second-order valence-corrected chi connectivity index (χ2v) is 0.670. The number of nitrogens with zero attached hydrogens (tertiary/aromatic N) is 1. The molecule has 0 aromatic heterocycles. The predicted octanol–water partition coefficient (Wildman–Crippen LogP) is -3.13. The fourth-order valence-corrected chi connectivity index (χ4v) is 0.0645. The Kier molecular flexibility index (Phi) is 14.0. The number of rotatable bonds is 1. The van der Waals surface area contributed by atoms with Crippen LogP contribution in [0.1, 0.15) is 0 Å². The van der Waals surface area contributed by atoms with Gasteiger partial charge in [-0.2, -0.15) is 0 Å². The Morgan fingerprint density at radius 3 is 2.17 bits per heavy atom. The van der Waals surface area contributed by atoms with Gasteiger partial charge in [-0.15, -0.1) is 0 Å². The van der Waals surface area contributed by atoms with E-state index in [4.69, 9.17) is 12.3 Å². The molecule has 0 bridgehead atoms. The monoisotopic (exact) mass is 77.1 g/mol. The first-order chi connectivity index (χ1) is 2.41. The molecule has 0 radical (unpaired) electrons. The Balaban J connectivity index is 0. The Morgan fingerprint density at radius 2 is 2.17 bits per heavy atom. The molecule has 0 aliphatic carbocycles. The van der Waals surface area contributed by atoms with Crippen LogP contribution in [0.3, 0.4) is 0 Å². The van der Waals surface area contributed by atoms with E-state index in [-0.39, 0.29) is 18.9 Å². The van der Waals surface area contributed by atoms with Gasteiger partial charge in [-0.3, -0.25) is 0 Å². The summed E-state index contributed by atoms with van der Waals surface area (Å²) in [6.45, 7) is 7.10. The van der Waals surface area contributed by atoms with Gasteiger partial charge in [0.05, 0.1) is 6.54 Å². The van der Waals surface area contributed by atoms with Crippen LogP contribution in [-0.4, -0.2) is 13.1 Å². The molecule has 2 nitrogen and oxygen atoms in total. The molecule has 0 aliphatic heterocycles. The molecule has 0 saturated heterocycles. The minimum atomic E-state index is 0. The molecule has 0 rings (SSSR count). The van der Waals surface area contributed by atoms with Crippen LogP contribution in [0.5, 0.6) is 0 Å². The zero-order valence-electron chi connectivity index (χ0n) is 3.94. The van der Waals surface area contributed by atoms with Crippen molar-refractivity contribution in [2.45, 2.75) is 0 Å². The molecule has 0 unspecified atom stereocenters. The van der Waals surface area contributed by atoms with Crippen molar-refractivity contribution in [2.75, 3.05) is 13.1 Å². The summed E-state index contributed by atoms with van der Waals surface area (Å²) < 4.78 is 0. The molecule has 0 aliphatic rings. The van der Waals surface area contributed by atoms with Gasteiger partial charge in [0.25, 0.3) is 0 Å². The average Bonchev–Trinajstić information content (AvgIpc) is 1.41. The van der Waals surface area contributed by atoms with E-state index in [1.165, 1.54) is 0 Å². The minimum absolute atomic E-state index is 0. The van der Waals surface area contributed by atoms with Gasteiger partial charge in [0, 0.05) is 0 Å². The van der Waals surface area contributed by atoms with Crippen molar-refractivity contribution >= 4 is 0 Å². The van der Waals surface area contributed by atoms with Crippen LogP contribution < -0.4 is 24.6 Å². The third-order valence-electron chi connectivity index (χ3n) is 0.241. The smallest absolute Gasteiger partial charge is 0.324 e. The normalized spacial score (nSPS) is 5.33. The van der Waals surface area contributed by atoms with Gasteiger partial charge in [0.2, 0.25) is 6.54 Å². The van der Waals surface area contributed by atoms with Crippen molar-refractivity contribution in [3.8, 4) is 0 Å². The van der Waals surface area contributed by atoms with Crippen molar-refractivity contribution in [1.29, 1.82) is 0 Å². The van der Waals surface area contributed by atoms with E-state index in [1.807, 2.05) is 0 Å². The largest absolute Gasteiger partial charge is 1.00 e. The Hall–Kier alpha value is 0.0474. The van der Waals surface area contributed by atoms with Gasteiger partial charge < -0.3 is 10.6 Å². The van der Waals surface area contributed by atoms with Crippen LogP contribution in [-0.2, 0) is 0 Å². The van der Waals surface area contributed by atoms with Crippen LogP contribution in [0.2, 0.25) is 0 Å². The van der Waals surface area contributed by atoms with Crippen molar-refractivity contribution in [2.24, 2.45) is 5.73 Å². The van der Waals surface area contributed by atoms with E-state index in [1.54, 1.807) is 0 Å². The minimum Gasteiger partial charge on any atom is -0.324 e. The van der Waals surface area contributed by atoms with Crippen molar-refractivity contribution in [3.05, 3.63) is 11.4 Å². The third kappa shape index (κ3) is 8.97. The molecule has 3 heteroatoms. The van der Waals surface area contributed by atoms with E-state index in [9.17, 15) is 0 Å². The van der Waals surface area contributed by atoms with Crippen molar-refractivity contribution in [3.63, 3.8) is 0 Å². The molecule has 0 spiro atoms. The number of hydrogen-bond acceptors (Lipinski definition) is 1. The van der Waals surface area contributed by atoms with Crippen LogP contribution in [0.25, 0.3) is 4.85 Å². The van der Waals surface area contributed by atoms with Crippen molar-refractivity contribution < 1.29 is 18.9 Å². The molecule has 6 heavy (non-hydrogen) atoms. The zero-order chi connectivity index (χ0) is 4.12. The molecule has 28 valence electrons. The average molecular weight is 77.0 g/mol. The molecule has 0 atom stereocenters. The Morgan fingerprint density at radius 1 is 1.67 bits per heavy atom. The topological polar surface area (TPSA) is 30.4 Å². The summed E-state index contributed by atoms with van der Waals surface area (Å²) in [5.41, 5.74) is 4.93. The SMILES string of the molecule is [C-]#[N+]CCN.[Li+]. The van der Waals surface area contributed by atoms with Crippen LogP contribution in [0.15, 0.2) is 0 Å². The quantitative estimate of drug-likeness (QED) is 0.260. The van der Waals surface area contributed by atoms with Gasteiger partial charge in [0.15, 0.2) is 0 Å². The van der Waals surface area contributed by atoms with Crippen LogP contribution in [0, 0.1) is 6.57 Å². The van der Waals surface area contributed by atoms with Gasteiger partial charge in [-0.1, -0.05) is 0 Å². The standard InChI is InChI=1S/C3H6N2.Li/c1-5-3-2-4;/h2-4H2;/q;+1. The maximum Gasteiger partial charge on any atom is 1.00 e. The van der Waals surface area contributed by atoms with Crippen molar-refractivity contribution in [1.82, 2.24) is 0 Å². The van der Waals surface area contributed by atoms with Gasteiger partial charge in [0.1, 0.15) is 0 Å². The Bertz CT molecular complexity index is 47.2. The summed E-state index contributed by atoms with van der Waals surface area (Å²) in [6.07, 6.45) is 0. The van der Waals surface area contributed by atoms with E-state index < -0.39 is 0 Å². The van der Waals surface area contributed by atoms with Crippen LogP contribution >= 0.6 is 0 Å². The molecule has 2 N–H and O–H groups in total. The maximum atomic E-state index is 6.15. The summed E-state index contributed by atoms with van der Waals surface area (Å²) >= 11 is 0. The van der Waals surface area contributed by atoms with Gasteiger partial charge >= 0.3 is 18.9 Å². The first-order valence-electron chi connectivity index (χ1n) is 1.45. The molecule has 0 fully saturated rings. The zero-order valence-corrected chi connectivity index (χ0v) is 3.94. The van der Waals surface area contributed by atoms with E-state index in [0.29, 0.717) is 13.1 Å². The molecule has 0 aromatic rings. The van der Waals surface area contributed by atoms with Crippen LogP contribution in [0.4, 0.5) is 0 Å². The molecular formula is C3H6LiN2+. The summed E-state index contributed by atoms with van der Waals surface area (Å²) in [4.78, 5) is 2.98. The third-order valence-corrected chi connectivity index (χ3v) is 0.241. The number of hydrogen-bond donors (Lipinski definition) is 1. The molecule has 0 heterocycles. The summed E-state index contributed by atoms with van der Waals surface area (Å²) in [7, 11) is 0. The summed E-state index contributed by atoms with van der Waals surface area (Å²) in [6, 6.07) is 0. The number of nitrogens with two attached hydrogens (primary N) is 1. The molecule has 0 saturated carbocycles. The van der Waals surface area contributed by atoms with E-state index in [2.05, 4.69) is 4.85 Å². The predicted molar refractivity (Wildman–Crippen MR) is 20.5 cm³/mol. The molecule has 0 amide bonds. The van der Waals surface area contributed by atoms with E-state index >= 15 is 0 Å². The second-order valence-electron chi connectivity index (χ2n) is 0.670. The van der Waals surface area contributed by atoms with Gasteiger partial charge in [-0.05, 0) is 0 Å². The molecular weight excluding hydrogens is 71.0 g/mol. The first kappa shape index (κ1) is 9.40. The first-order valence-corrected chi connectivity index (χ1v) is 1.45. The summed E-state index contributed by atoms with van der Waals surface area (Å²) in [5, 5.41) is 0. The maximum absolute atomic E-state index is 6.15. The van der Waals surface area contributed by atoms with E-state index in [0.717, 1.165) is 0 Å². The summed E-state index contributed by atoms with van der Waals surface area (Å²) in [5.74, 6) is 0. The second kappa shape index (κ2) is 8.90. The molecule has 0 aromatic carbocycles.